The van der Waals surface area contributed by atoms with Crippen LogP contribution in [0.2, 0.25) is 0 Å². The molecule has 0 aromatic heterocycles. The Morgan fingerprint density at radius 3 is 2.70 bits per heavy atom. The predicted molar refractivity (Wildman–Crippen MR) is 108 cm³/mol. The molecule has 4 amide bonds. The van der Waals surface area contributed by atoms with E-state index in [2.05, 4.69) is 17.2 Å². The van der Waals surface area contributed by atoms with Crippen molar-refractivity contribution in [3.8, 4) is 0 Å². The number of halogens is 1. The highest BCUT2D eigenvalue weighted by atomic mass is 35.5. The first kappa shape index (κ1) is 21.9. The summed E-state index contributed by atoms with van der Waals surface area (Å²) in [6.07, 6.45) is 0.775. The lowest BCUT2D eigenvalue weighted by Gasteiger charge is -2.29. The Bertz CT molecular complexity index is 887. The smallest absolute Gasteiger partial charge is 0.264 e. The van der Waals surface area contributed by atoms with Crippen molar-refractivity contribution in [3.63, 3.8) is 0 Å². The fourth-order valence-electron chi connectivity index (χ4n) is 3.32. The molecule has 1 saturated heterocycles. The van der Waals surface area contributed by atoms with Crippen molar-refractivity contribution in [2.45, 2.75) is 18.9 Å². The zero-order valence-electron chi connectivity index (χ0n) is 16.2. The molecule has 0 bridgehead atoms. The van der Waals surface area contributed by atoms with Crippen LogP contribution in [0.4, 0.5) is 5.69 Å². The molecule has 1 unspecified atom stereocenters. The summed E-state index contributed by atoms with van der Waals surface area (Å²) in [5, 5.41) is 5.18. The van der Waals surface area contributed by atoms with E-state index in [4.69, 9.17) is 21.1 Å². The van der Waals surface area contributed by atoms with Crippen molar-refractivity contribution in [2.24, 2.45) is 0 Å². The third-order valence-electron chi connectivity index (χ3n) is 4.68. The van der Waals surface area contributed by atoms with Gasteiger partial charge in [0.05, 0.1) is 36.6 Å². The molecule has 0 radical (unpaired) electrons. The number of hydrogen-bond acceptors (Lipinski definition) is 6. The number of imide groups is 1. The van der Waals surface area contributed by atoms with Gasteiger partial charge in [0.15, 0.2) is 0 Å². The van der Waals surface area contributed by atoms with Gasteiger partial charge in [-0.1, -0.05) is 12.6 Å². The van der Waals surface area contributed by atoms with Gasteiger partial charge in [0.2, 0.25) is 11.8 Å². The van der Waals surface area contributed by atoms with Gasteiger partial charge in [-0.2, -0.15) is 0 Å². The maximum absolute atomic E-state index is 13.0. The molecule has 0 spiro atoms. The third kappa shape index (κ3) is 4.69. The molecule has 2 heterocycles. The second-order valence-electron chi connectivity index (χ2n) is 6.76. The summed E-state index contributed by atoms with van der Waals surface area (Å²) in [6.45, 7) is 4.37. The van der Waals surface area contributed by atoms with E-state index >= 15 is 0 Å². The van der Waals surface area contributed by atoms with Gasteiger partial charge in [-0.05, 0) is 25.0 Å². The van der Waals surface area contributed by atoms with Crippen molar-refractivity contribution in [3.05, 3.63) is 41.6 Å². The molecular formula is C20H22ClN3O6. The highest BCUT2D eigenvalue weighted by molar-refractivity contribution is 6.25. The van der Waals surface area contributed by atoms with E-state index in [9.17, 15) is 19.2 Å². The van der Waals surface area contributed by atoms with Gasteiger partial charge >= 0.3 is 0 Å². The number of carbonyl (C=O) groups excluding carboxylic acids is 4. The SMILES string of the molecule is C=C1CCC(N2C(=O)c3cccc(NC(=O)COCCOCCCl)c3C2=O)C(=O)N1. The number of nitrogens with one attached hydrogen (secondary N) is 2. The van der Waals surface area contributed by atoms with Crippen LogP contribution in [0.15, 0.2) is 30.5 Å². The van der Waals surface area contributed by atoms with Crippen LogP contribution in [0.25, 0.3) is 0 Å². The van der Waals surface area contributed by atoms with Crippen LogP contribution in [0.5, 0.6) is 0 Å². The first-order chi connectivity index (χ1) is 14.4. The molecule has 9 nitrogen and oxygen atoms in total. The van der Waals surface area contributed by atoms with Crippen LogP contribution in [0.1, 0.15) is 33.6 Å². The Kier molecular flexibility index (Phi) is 7.20. The molecule has 0 aliphatic carbocycles. The summed E-state index contributed by atoms with van der Waals surface area (Å²) in [5.41, 5.74) is 0.957. The summed E-state index contributed by atoms with van der Waals surface area (Å²) in [5.74, 6) is -1.73. The minimum atomic E-state index is -0.914. The van der Waals surface area contributed by atoms with Gasteiger partial charge in [-0.15, -0.1) is 11.6 Å². The highest BCUT2D eigenvalue weighted by Crippen LogP contribution is 2.32. The zero-order valence-corrected chi connectivity index (χ0v) is 17.0. The molecule has 0 saturated carbocycles. The van der Waals surface area contributed by atoms with Crippen LogP contribution < -0.4 is 10.6 Å². The second-order valence-corrected chi connectivity index (χ2v) is 7.14. The monoisotopic (exact) mass is 435 g/mol. The number of carbonyl (C=O) groups is 4. The Balaban J connectivity index is 1.67. The zero-order chi connectivity index (χ0) is 21.7. The van der Waals surface area contributed by atoms with Gasteiger partial charge in [0.1, 0.15) is 12.6 Å². The Labute approximate surface area is 178 Å². The average Bonchev–Trinajstić information content (AvgIpc) is 2.96. The topological polar surface area (TPSA) is 114 Å². The first-order valence-corrected chi connectivity index (χ1v) is 9.98. The normalized spacial score (nSPS) is 18.4. The molecule has 1 fully saturated rings. The number of benzene rings is 1. The molecule has 10 heteroatoms. The van der Waals surface area contributed by atoms with Gasteiger partial charge in [0, 0.05) is 11.6 Å². The van der Waals surface area contributed by atoms with E-state index in [-0.39, 0.29) is 30.0 Å². The molecule has 1 aromatic carbocycles. The number of fused-ring (bicyclic) bond motifs is 1. The van der Waals surface area contributed by atoms with Crippen molar-refractivity contribution >= 4 is 40.9 Å². The van der Waals surface area contributed by atoms with Crippen molar-refractivity contribution in [1.29, 1.82) is 0 Å². The number of nitrogens with zero attached hydrogens (tertiary/aromatic N) is 1. The number of rotatable bonds is 9. The van der Waals surface area contributed by atoms with Crippen molar-refractivity contribution in [2.75, 3.05) is 37.6 Å². The third-order valence-corrected chi connectivity index (χ3v) is 4.84. The van der Waals surface area contributed by atoms with Crippen LogP contribution in [0, 0.1) is 0 Å². The van der Waals surface area contributed by atoms with E-state index in [0.29, 0.717) is 37.6 Å². The van der Waals surface area contributed by atoms with E-state index < -0.39 is 29.7 Å². The van der Waals surface area contributed by atoms with E-state index in [1.165, 1.54) is 12.1 Å². The van der Waals surface area contributed by atoms with Crippen molar-refractivity contribution in [1.82, 2.24) is 10.2 Å². The second kappa shape index (κ2) is 9.84. The van der Waals surface area contributed by atoms with Gasteiger partial charge in [-0.25, -0.2) is 0 Å². The summed E-state index contributed by atoms with van der Waals surface area (Å²) < 4.78 is 10.4. The molecule has 2 N–H and O–H groups in total. The predicted octanol–water partition coefficient (Wildman–Crippen LogP) is 1.29. The largest absolute Gasteiger partial charge is 0.378 e. The number of piperidine rings is 1. The van der Waals surface area contributed by atoms with Crippen LogP contribution >= 0.6 is 11.6 Å². The van der Waals surface area contributed by atoms with Crippen LogP contribution in [-0.2, 0) is 19.1 Å². The lowest BCUT2D eigenvalue weighted by atomic mass is 10.0. The minimum Gasteiger partial charge on any atom is -0.378 e. The number of hydrogen-bond donors (Lipinski definition) is 2. The number of allylic oxidation sites excluding steroid dienone is 1. The van der Waals surface area contributed by atoms with Crippen LogP contribution in [0.3, 0.4) is 0 Å². The minimum absolute atomic E-state index is 0.0681. The van der Waals surface area contributed by atoms with Crippen molar-refractivity contribution < 1.29 is 28.7 Å². The van der Waals surface area contributed by atoms with Gasteiger partial charge in [0.25, 0.3) is 11.8 Å². The summed E-state index contributed by atoms with van der Waals surface area (Å²) in [4.78, 5) is 51.2. The molecule has 1 atom stereocenters. The maximum Gasteiger partial charge on any atom is 0.264 e. The van der Waals surface area contributed by atoms with E-state index in [1.54, 1.807) is 6.07 Å². The fourth-order valence-corrected chi connectivity index (χ4v) is 3.43. The lowest BCUT2D eigenvalue weighted by Crippen LogP contribution is -2.51. The maximum atomic E-state index is 13.0. The Morgan fingerprint density at radius 2 is 1.97 bits per heavy atom. The number of alkyl halides is 1. The summed E-state index contributed by atoms with van der Waals surface area (Å²) >= 11 is 5.49. The van der Waals surface area contributed by atoms with Gasteiger partial charge in [-0.3, -0.25) is 24.1 Å². The average molecular weight is 436 g/mol. The fraction of sp³-hybridized carbons (Fsp3) is 0.400. The Morgan fingerprint density at radius 1 is 1.20 bits per heavy atom. The van der Waals surface area contributed by atoms with Crippen LogP contribution in [-0.4, -0.2) is 66.9 Å². The Hall–Kier alpha value is -2.75. The molecule has 2 aliphatic rings. The molecular weight excluding hydrogens is 414 g/mol. The summed E-state index contributed by atoms with van der Waals surface area (Å²) in [6, 6.07) is 3.67. The molecule has 160 valence electrons. The molecule has 1 aromatic rings. The van der Waals surface area contributed by atoms with E-state index in [0.717, 1.165) is 4.90 Å². The van der Waals surface area contributed by atoms with E-state index in [1.807, 2.05) is 0 Å². The number of ether oxygens (including phenoxy) is 2. The number of amides is 4. The first-order valence-electron chi connectivity index (χ1n) is 9.45. The molecule has 3 rings (SSSR count). The molecule has 30 heavy (non-hydrogen) atoms. The summed E-state index contributed by atoms with van der Waals surface area (Å²) in [7, 11) is 0. The lowest BCUT2D eigenvalue weighted by molar-refractivity contribution is -0.125. The number of anilines is 1. The van der Waals surface area contributed by atoms with Gasteiger partial charge < -0.3 is 20.1 Å². The quantitative estimate of drug-likeness (QED) is 0.343. The standard InChI is InChI=1S/C20H22ClN3O6/c1-12-5-6-15(18(26)22-12)24-19(27)13-3-2-4-14(17(13)20(24)28)23-16(25)11-30-10-9-29-8-7-21/h2-4,15H,1,5-11H2,(H,22,26)(H,23,25). The molecule has 2 aliphatic heterocycles. The highest BCUT2D eigenvalue weighted by Gasteiger charge is 2.45.